The number of nitrogens with zero attached hydrogens (tertiary/aromatic N) is 2. The van der Waals surface area contributed by atoms with Crippen LogP contribution in [0.4, 0.5) is 0 Å². The van der Waals surface area contributed by atoms with Gasteiger partial charge in [0.15, 0.2) is 0 Å². The van der Waals surface area contributed by atoms with E-state index in [4.69, 9.17) is 10.0 Å². The number of likely N-dealkylation sites (tertiary alicyclic amines) is 1. The van der Waals surface area contributed by atoms with E-state index in [0.717, 1.165) is 13.1 Å². The van der Waals surface area contributed by atoms with Crippen LogP contribution >= 0.6 is 0 Å². The topological polar surface area (TPSA) is 46.9 Å². The molecule has 2 N–H and O–H groups in total. The zero-order chi connectivity index (χ0) is 13.8. The maximum atomic E-state index is 9.05. The zero-order valence-corrected chi connectivity index (χ0v) is 11.8. The summed E-state index contributed by atoms with van der Waals surface area (Å²) in [4.78, 5) is 4.76. The Morgan fingerprint density at radius 3 is 2.53 bits per heavy atom. The maximum Gasteiger partial charge on any atom is 0.488 e. The van der Waals surface area contributed by atoms with E-state index in [9.17, 15) is 0 Å². The highest BCUT2D eigenvalue weighted by atomic mass is 16.4. The molecule has 1 aromatic rings. The Bertz CT molecular complexity index is 397. The van der Waals surface area contributed by atoms with Crippen molar-refractivity contribution in [2.24, 2.45) is 0 Å². The fraction of sp³-hybridized carbons (Fsp3) is 0.571. The summed E-state index contributed by atoms with van der Waals surface area (Å²) in [5.41, 5.74) is 1.74. The lowest BCUT2D eigenvalue weighted by molar-refractivity contribution is 0.215. The Morgan fingerprint density at radius 2 is 2.00 bits per heavy atom. The minimum atomic E-state index is -1.38. The van der Waals surface area contributed by atoms with Gasteiger partial charge in [0.1, 0.15) is 0 Å². The summed E-state index contributed by atoms with van der Waals surface area (Å²) >= 11 is 0. The number of rotatable bonds is 5. The molecule has 2 rings (SSSR count). The first kappa shape index (κ1) is 14.5. The molecule has 1 atom stereocenters. The van der Waals surface area contributed by atoms with Crippen LogP contribution in [0.5, 0.6) is 0 Å². The molecule has 0 amide bonds. The number of hydrogen-bond acceptors (Lipinski definition) is 4. The second-order valence-electron chi connectivity index (χ2n) is 5.59. The fourth-order valence-electron chi connectivity index (χ4n) is 2.74. The molecule has 0 aromatic heterocycles. The molecule has 1 heterocycles. The molecule has 1 aliphatic rings. The van der Waals surface area contributed by atoms with Crippen molar-refractivity contribution < 1.29 is 10.0 Å². The van der Waals surface area contributed by atoms with Crippen LogP contribution in [-0.4, -0.2) is 60.2 Å². The molecule has 0 radical (unpaired) electrons. The van der Waals surface area contributed by atoms with Crippen LogP contribution in [0.25, 0.3) is 0 Å². The van der Waals surface area contributed by atoms with Crippen LogP contribution in [0.2, 0.25) is 0 Å². The van der Waals surface area contributed by atoms with Crippen LogP contribution in [0.15, 0.2) is 24.3 Å². The molecule has 1 aliphatic heterocycles. The molecule has 5 heteroatoms. The van der Waals surface area contributed by atoms with E-state index in [1.54, 1.807) is 12.1 Å². The van der Waals surface area contributed by atoms with E-state index in [0.29, 0.717) is 11.5 Å². The molecule has 1 saturated heterocycles. The molecule has 104 valence electrons. The Balaban J connectivity index is 1.86. The second-order valence-corrected chi connectivity index (χ2v) is 5.59. The van der Waals surface area contributed by atoms with Crippen LogP contribution < -0.4 is 5.46 Å². The third-order valence-electron chi connectivity index (χ3n) is 3.92. The number of hydrogen-bond donors (Lipinski definition) is 2. The van der Waals surface area contributed by atoms with Gasteiger partial charge in [-0.3, -0.25) is 0 Å². The van der Waals surface area contributed by atoms with E-state index in [-0.39, 0.29) is 0 Å². The van der Waals surface area contributed by atoms with Crippen molar-refractivity contribution in [3.63, 3.8) is 0 Å². The monoisotopic (exact) mass is 262 g/mol. The van der Waals surface area contributed by atoms with Gasteiger partial charge in [-0.15, -0.1) is 0 Å². The maximum absolute atomic E-state index is 9.05. The Morgan fingerprint density at radius 1 is 1.32 bits per heavy atom. The first-order valence-electron chi connectivity index (χ1n) is 6.90. The quantitative estimate of drug-likeness (QED) is 0.727. The van der Waals surface area contributed by atoms with Gasteiger partial charge in [-0.2, -0.15) is 0 Å². The second kappa shape index (κ2) is 6.52. The van der Waals surface area contributed by atoms with Crippen molar-refractivity contribution in [2.45, 2.75) is 25.4 Å². The van der Waals surface area contributed by atoms with Gasteiger partial charge < -0.3 is 19.8 Å². The summed E-state index contributed by atoms with van der Waals surface area (Å²) in [5.74, 6) is 0. The van der Waals surface area contributed by atoms with Gasteiger partial charge >= 0.3 is 7.12 Å². The number of likely N-dealkylation sites (N-methyl/N-ethyl adjacent to an activating group) is 2. The first-order valence-corrected chi connectivity index (χ1v) is 6.90. The third-order valence-corrected chi connectivity index (χ3v) is 3.92. The van der Waals surface area contributed by atoms with E-state index in [2.05, 4.69) is 23.9 Å². The fourth-order valence-corrected chi connectivity index (χ4v) is 2.74. The Labute approximate surface area is 115 Å². The number of benzene rings is 1. The lowest BCUT2D eigenvalue weighted by Crippen LogP contribution is -2.36. The highest BCUT2D eigenvalue weighted by molar-refractivity contribution is 6.58. The predicted molar refractivity (Wildman–Crippen MR) is 78.3 cm³/mol. The summed E-state index contributed by atoms with van der Waals surface area (Å²) < 4.78 is 0. The molecule has 1 fully saturated rings. The highest BCUT2D eigenvalue weighted by Gasteiger charge is 2.21. The van der Waals surface area contributed by atoms with E-state index in [1.165, 1.54) is 24.9 Å². The van der Waals surface area contributed by atoms with Crippen LogP contribution in [-0.2, 0) is 6.54 Å². The van der Waals surface area contributed by atoms with Crippen molar-refractivity contribution in [3.8, 4) is 0 Å². The van der Waals surface area contributed by atoms with Crippen molar-refractivity contribution in [1.29, 1.82) is 0 Å². The van der Waals surface area contributed by atoms with Gasteiger partial charge in [0.25, 0.3) is 0 Å². The molecule has 1 unspecified atom stereocenters. The Hall–Kier alpha value is -0.875. The van der Waals surface area contributed by atoms with Gasteiger partial charge in [0, 0.05) is 19.1 Å². The summed E-state index contributed by atoms with van der Waals surface area (Å²) in [6.45, 7) is 3.19. The third kappa shape index (κ3) is 4.04. The molecule has 4 nitrogen and oxygen atoms in total. The van der Waals surface area contributed by atoms with Gasteiger partial charge in [-0.1, -0.05) is 24.3 Å². The van der Waals surface area contributed by atoms with Crippen molar-refractivity contribution in [2.75, 3.05) is 27.2 Å². The minimum absolute atomic E-state index is 0.543. The predicted octanol–water partition coefficient (Wildman–Crippen LogP) is -0.108. The van der Waals surface area contributed by atoms with E-state index in [1.807, 2.05) is 12.1 Å². The van der Waals surface area contributed by atoms with Crippen LogP contribution in [0, 0.1) is 0 Å². The molecule has 0 bridgehead atoms. The average molecular weight is 262 g/mol. The van der Waals surface area contributed by atoms with Gasteiger partial charge in [0.05, 0.1) is 0 Å². The van der Waals surface area contributed by atoms with E-state index >= 15 is 0 Å². The molecular formula is C14H23BN2O2. The average Bonchev–Trinajstić information content (AvgIpc) is 2.75. The normalized spacial score (nSPS) is 20.2. The minimum Gasteiger partial charge on any atom is -0.423 e. The van der Waals surface area contributed by atoms with Gasteiger partial charge in [0.2, 0.25) is 0 Å². The van der Waals surface area contributed by atoms with Crippen molar-refractivity contribution in [1.82, 2.24) is 9.80 Å². The van der Waals surface area contributed by atoms with Crippen LogP contribution in [0.3, 0.4) is 0 Å². The molecule has 1 aromatic carbocycles. The molecule has 0 aliphatic carbocycles. The molecule has 0 spiro atoms. The lowest BCUT2D eigenvalue weighted by atomic mass is 9.80. The first-order chi connectivity index (χ1) is 9.06. The summed E-state index contributed by atoms with van der Waals surface area (Å²) in [6, 6.07) is 8.14. The van der Waals surface area contributed by atoms with Crippen molar-refractivity contribution in [3.05, 3.63) is 29.8 Å². The van der Waals surface area contributed by atoms with Gasteiger partial charge in [-0.25, -0.2) is 0 Å². The molecular weight excluding hydrogens is 239 g/mol. The zero-order valence-electron chi connectivity index (χ0n) is 11.8. The van der Waals surface area contributed by atoms with E-state index < -0.39 is 7.12 Å². The van der Waals surface area contributed by atoms with Crippen LogP contribution in [0.1, 0.15) is 18.4 Å². The summed E-state index contributed by atoms with van der Waals surface area (Å²) in [5, 5.41) is 18.1. The standard InChI is InChI=1S/C14H23BN2O2/c1-16(11-14-4-3-9-17(14)2)10-12-5-7-13(8-6-12)15(18)19/h5-8,14,18-19H,3-4,9-11H2,1-2H3. The summed E-state index contributed by atoms with van der Waals surface area (Å²) in [7, 11) is 2.96. The highest BCUT2D eigenvalue weighted by Crippen LogP contribution is 2.16. The van der Waals surface area contributed by atoms with Gasteiger partial charge in [-0.05, 0) is 44.5 Å². The smallest absolute Gasteiger partial charge is 0.423 e. The molecule has 0 saturated carbocycles. The SMILES string of the molecule is CN(Cc1ccc(B(O)O)cc1)CC1CCCN1C. The molecule has 19 heavy (non-hydrogen) atoms. The lowest BCUT2D eigenvalue weighted by Gasteiger charge is -2.25. The summed E-state index contributed by atoms with van der Waals surface area (Å²) in [6.07, 6.45) is 2.59. The van der Waals surface area contributed by atoms with Crippen molar-refractivity contribution >= 4 is 12.6 Å². The largest absolute Gasteiger partial charge is 0.488 e. The Kier molecular flexibility index (Phi) is 4.99.